The number of benzene rings is 1. The van der Waals surface area contributed by atoms with Crippen LogP contribution in [-0.2, 0) is 0 Å². The summed E-state index contributed by atoms with van der Waals surface area (Å²) in [7, 11) is 1.34. The fourth-order valence-electron chi connectivity index (χ4n) is 1.12. The van der Waals surface area contributed by atoms with Crippen LogP contribution in [0.25, 0.3) is 0 Å². The van der Waals surface area contributed by atoms with E-state index in [2.05, 4.69) is 0 Å². The van der Waals surface area contributed by atoms with Crippen LogP contribution in [0.4, 0.5) is 4.39 Å². The van der Waals surface area contributed by atoms with Gasteiger partial charge in [-0.1, -0.05) is 0 Å². The van der Waals surface area contributed by atoms with Gasteiger partial charge < -0.3 is 4.74 Å². The van der Waals surface area contributed by atoms with Crippen molar-refractivity contribution < 1.29 is 13.9 Å². The second-order valence-electron chi connectivity index (χ2n) is 2.53. The molecule has 1 aromatic rings. The predicted octanol–water partition coefficient (Wildman–Crippen LogP) is 2.52. The van der Waals surface area contributed by atoms with Gasteiger partial charge in [0, 0.05) is 11.1 Å². The van der Waals surface area contributed by atoms with Crippen molar-refractivity contribution in [2.24, 2.45) is 0 Å². The zero-order chi connectivity index (χ0) is 10.0. The van der Waals surface area contributed by atoms with E-state index in [0.29, 0.717) is 5.56 Å². The van der Waals surface area contributed by atoms with Crippen LogP contribution in [0.1, 0.15) is 15.9 Å². The number of carbonyl (C=O) groups excluding carboxylic acids is 1. The maximum absolute atomic E-state index is 13.0. The van der Waals surface area contributed by atoms with Crippen molar-refractivity contribution in [3.8, 4) is 5.75 Å². The number of hydrogen-bond acceptors (Lipinski definition) is 2. The molecule has 0 saturated carbocycles. The summed E-state index contributed by atoms with van der Waals surface area (Å²) >= 11 is 5.27. The molecule has 0 saturated heterocycles. The van der Waals surface area contributed by atoms with Gasteiger partial charge in [0.05, 0.1) is 7.11 Å². The summed E-state index contributed by atoms with van der Waals surface area (Å²) in [5.41, 5.74) is 0.683. The zero-order valence-electron chi connectivity index (χ0n) is 7.23. The molecule has 0 bridgehead atoms. The molecule has 1 rings (SSSR count). The van der Waals surface area contributed by atoms with Crippen LogP contribution in [0.15, 0.2) is 12.1 Å². The first kappa shape index (κ1) is 9.99. The molecule has 2 nitrogen and oxygen atoms in total. The van der Waals surface area contributed by atoms with Crippen LogP contribution in [0.5, 0.6) is 5.75 Å². The van der Waals surface area contributed by atoms with Gasteiger partial charge in [-0.3, -0.25) is 4.79 Å². The Morgan fingerprint density at radius 2 is 2.15 bits per heavy atom. The average Bonchev–Trinajstić information content (AvgIpc) is 2.04. The highest BCUT2D eigenvalue weighted by Crippen LogP contribution is 2.25. The van der Waals surface area contributed by atoms with Crippen LogP contribution in [0.2, 0.25) is 0 Å². The highest BCUT2D eigenvalue weighted by molar-refractivity contribution is 6.67. The standard InChI is InChI=1S/C9H8ClFO2/c1-5-6(9(10)12)3-4-7(11)8(5)13-2/h3-4H,1-2H3. The Kier molecular flexibility index (Phi) is 2.88. The maximum atomic E-state index is 13.0. The van der Waals surface area contributed by atoms with Crippen molar-refractivity contribution in [3.05, 3.63) is 29.1 Å². The van der Waals surface area contributed by atoms with E-state index in [0.717, 1.165) is 6.07 Å². The maximum Gasteiger partial charge on any atom is 0.252 e. The Labute approximate surface area is 80.3 Å². The summed E-state index contributed by atoms with van der Waals surface area (Å²) in [5, 5.41) is -0.615. The van der Waals surface area contributed by atoms with Crippen molar-refractivity contribution >= 4 is 16.8 Å². The zero-order valence-corrected chi connectivity index (χ0v) is 7.98. The molecule has 0 radical (unpaired) electrons. The molecule has 0 fully saturated rings. The van der Waals surface area contributed by atoms with Gasteiger partial charge in [0.15, 0.2) is 11.6 Å². The summed E-state index contributed by atoms with van der Waals surface area (Å²) in [6.07, 6.45) is 0. The molecule has 0 spiro atoms. The first-order valence-corrected chi connectivity index (χ1v) is 3.98. The lowest BCUT2D eigenvalue weighted by Crippen LogP contribution is -1.99. The molecule has 13 heavy (non-hydrogen) atoms. The minimum atomic E-state index is -0.615. The van der Waals surface area contributed by atoms with E-state index in [1.807, 2.05) is 0 Å². The molecule has 0 heterocycles. The van der Waals surface area contributed by atoms with E-state index < -0.39 is 11.1 Å². The lowest BCUT2D eigenvalue weighted by atomic mass is 10.1. The molecule has 0 aromatic heterocycles. The van der Waals surface area contributed by atoms with Gasteiger partial charge in [0.25, 0.3) is 5.24 Å². The minimum Gasteiger partial charge on any atom is -0.493 e. The summed E-state index contributed by atoms with van der Waals surface area (Å²) in [4.78, 5) is 10.8. The number of halogens is 2. The summed E-state index contributed by atoms with van der Waals surface area (Å²) < 4.78 is 17.8. The van der Waals surface area contributed by atoms with Crippen molar-refractivity contribution in [3.63, 3.8) is 0 Å². The summed E-state index contributed by atoms with van der Waals surface area (Å²) in [5.74, 6) is -0.437. The van der Waals surface area contributed by atoms with Crippen molar-refractivity contribution in [1.82, 2.24) is 0 Å². The predicted molar refractivity (Wildman–Crippen MR) is 47.9 cm³/mol. The van der Waals surface area contributed by atoms with E-state index in [1.165, 1.54) is 13.2 Å². The van der Waals surface area contributed by atoms with Gasteiger partial charge >= 0.3 is 0 Å². The van der Waals surface area contributed by atoms with Gasteiger partial charge in [-0.2, -0.15) is 0 Å². The number of hydrogen-bond donors (Lipinski definition) is 0. The van der Waals surface area contributed by atoms with Crippen LogP contribution in [0, 0.1) is 12.7 Å². The molecule has 4 heteroatoms. The Bertz CT molecular complexity index is 350. The van der Waals surface area contributed by atoms with E-state index in [9.17, 15) is 9.18 Å². The lowest BCUT2D eigenvalue weighted by Gasteiger charge is -2.07. The van der Waals surface area contributed by atoms with Gasteiger partial charge in [-0.15, -0.1) is 0 Å². The van der Waals surface area contributed by atoms with Gasteiger partial charge in [-0.05, 0) is 30.7 Å². The molecule has 1 aromatic carbocycles. The fourth-order valence-corrected chi connectivity index (χ4v) is 1.33. The van der Waals surface area contributed by atoms with Crippen molar-refractivity contribution in [1.29, 1.82) is 0 Å². The number of rotatable bonds is 2. The molecule has 0 amide bonds. The topological polar surface area (TPSA) is 26.3 Å². The van der Waals surface area contributed by atoms with Crippen LogP contribution < -0.4 is 4.74 Å². The Morgan fingerprint density at radius 3 is 2.62 bits per heavy atom. The van der Waals surface area contributed by atoms with Crippen molar-refractivity contribution in [2.45, 2.75) is 6.92 Å². The Balaban J connectivity index is 3.35. The second kappa shape index (κ2) is 3.75. The molecular formula is C9H8ClFO2. The molecule has 0 N–H and O–H groups in total. The molecule has 0 aliphatic heterocycles. The third-order valence-electron chi connectivity index (χ3n) is 1.77. The Hall–Kier alpha value is -1.09. The average molecular weight is 203 g/mol. The van der Waals surface area contributed by atoms with E-state index in [1.54, 1.807) is 6.92 Å². The molecule has 0 aliphatic carbocycles. The van der Waals surface area contributed by atoms with E-state index in [-0.39, 0.29) is 11.3 Å². The highest BCUT2D eigenvalue weighted by Gasteiger charge is 2.13. The SMILES string of the molecule is COc1c(F)ccc(C(=O)Cl)c1C. The third kappa shape index (κ3) is 1.80. The third-order valence-corrected chi connectivity index (χ3v) is 1.98. The summed E-state index contributed by atoms with van der Waals surface area (Å²) in [6.45, 7) is 1.58. The monoisotopic (exact) mass is 202 g/mol. The highest BCUT2D eigenvalue weighted by atomic mass is 35.5. The number of methoxy groups -OCH3 is 1. The molecule has 0 atom stereocenters. The largest absolute Gasteiger partial charge is 0.493 e. The summed E-state index contributed by atoms with van der Waals surface area (Å²) in [6, 6.07) is 2.49. The normalized spacial score (nSPS) is 9.85. The quantitative estimate of drug-likeness (QED) is 0.689. The van der Waals surface area contributed by atoms with Gasteiger partial charge in [0.1, 0.15) is 0 Å². The van der Waals surface area contributed by atoms with Gasteiger partial charge in [-0.25, -0.2) is 4.39 Å². The van der Waals surface area contributed by atoms with Crippen LogP contribution in [0.3, 0.4) is 0 Å². The second-order valence-corrected chi connectivity index (χ2v) is 2.87. The minimum absolute atomic E-state index is 0.0616. The fraction of sp³-hybridized carbons (Fsp3) is 0.222. The number of carbonyl (C=O) groups is 1. The first-order valence-electron chi connectivity index (χ1n) is 3.61. The molecule has 0 aliphatic rings. The number of ether oxygens (including phenoxy) is 1. The molecular weight excluding hydrogens is 195 g/mol. The molecule has 0 unspecified atom stereocenters. The van der Waals surface area contributed by atoms with Crippen LogP contribution in [-0.4, -0.2) is 12.4 Å². The molecule has 70 valence electrons. The smallest absolute Gasteiger partial charge is 0.252 e. The van der Waals surface area contributed by atoms with E-state index in [4.69, 9.17) is 16.3 Å². The van der Waals surface area contributed by atoms with Crippen molar-refractivity contribution in [2.75, 3.05) is 7.11 Å². The Morgan fingerprint density at radius 1 is 1.54 bits per heavy atom. The lowest BCUT2D eigenvalue weighted by molar-refractivity contribution is 0.108. The van der Waals surface area contributed by atoms with E-state index >= 15 is 0 Å². The first-order chi connectivity index (χ1) is 6.07. The van der Waals surface area contributed by atoms with Crippen LogP contribution >= 0.6 is 11.6 Å². The van der Waals surface area contributed by atoms with Gasteiger partial charge in [0.2, 0.25) is 0 Å².